The van der Waals surface area contributed by atoms with Crippen molar-refractivity contribution in [3.8, 4) is 0 Å². The van der Waals surface area contributed by atoms with Gasteiger partial charge in [0.2, 0.25) is 0 Å². The Morgan fingerprint density at radius 3 is 2.40 bits per heavy atom. The van der Waals surface area contributed by atoms with E-state index in [0.717, 1.165) is 32.0 Å². The second-order valence-corrected chi connectivity index (χ2v) is 6.41. The van der Waals surface area contributed by atoms with Gasteiger partial charge in [0.05, 0.1) is 13.2 Å². The SMILES string of the molecule is c1ccc(C2CC2NC2CCC3(CC2)OCCO3)cc1. The molecule has 3 nitrogen and oxygen atoms in total. The zero-order chi connectivity index (χ0) is 13.4. The van der Waals surface area contributed by atoms with Crippen molar-refractivity contribution in [2.24, 2.45) is 0 Å². The summed E-state index contributed by atoms with van der Waals surface area (Å²) < 4.78 is 11.6. The van der Waals surface area contributed by atoms with Crippen molar-refractivity contribution in [1.82, 2.24) is 5.32 Å². The average molecular weight is 273 g/mol. The van der Waals surface area contributed by atoms with Crippen LogP contribution in [0.2, 0.25) is 0 Å². The highest BCUT2D eigenvalue weighted by molar-refractivity contribution is 5.27. The van der Waals surface area contributed by atoms with Crippen LogP contribution in [0.25, 0.3) is 0 Å². The Morgan fingerprint density at radius 2 is 1.70 bits per heavy atom. The van der Waals surface area contributed by atoms with Crippen molar-refractivity contribution >= 4 is 0 Å². The van der Waals surface area contributed by atoms with Gasteiger partial charge >= 0.3 is 0 Å². The first kappa shape index (κ1) is 12.8. The van der Waals surface area contributed by atoms with E-state index in [2.05, 4.69) is 35.6 Å². The second-order valence-electron chi connectivity index (χ2n) is 6.41. The average Bonchev–Trinajstić information content (AvgIpc) is 3.12. The molecule has 2 unspecified atom stereocenters. The van der Waals surface area contributed by atoms with Crippen LogP contribution in [0.15, 0.2) is 30.3 Å². The Hall–Kier alpha value is -0.900. The van der Waals surface area contributed by atoms with Crippen LogP contribution in [0, 0.1) is 0 Å². The molecule has 0 bridgehead atoms. The molecule has 1 aromatic rings. The molecule has 1 N–H and O–H groups in total. The molecule has 0 aromatic heterocycles. The van der Waals surface area contributed by atoms with E-state index in [9.17, 15) is 0 Å². The summed E-state index contributed by atoms with van der Waals surface area (Å²) in [7, 11) is 0. The minimum Gasteiger partial charge on any atom is -0.348 e. The van der Waals surface area contributed by atoms with Crippen LogP contribution in [0.5, 0.6) is 0 Å². The van der Waals surface area contributed by atoms with Gasteiger partial charge in [-0.05, 0) is 24.8 Å². The molecule has 3 aliphatic rings. The Labute approximate surface area is 120 Å². The largest absolute Gasteiger partial charge is 0.348 e. The molecule has 3 fully saturated rings. The third kappa shape index (κ3) is 2.50. The van der Waals surface area contributed by atoms with E-state index in [0.29, 0.717) is 12.1 Å². The maximum Gasteiger partial charge on any atom is 0.168 e. The van der Waals surface area contributed by atoms with Gasteiger partial charge in [0, 0.05) is 30.8 Å². The molecule has 1 aromatic carbocycles. The molecular formula is C17H23NO2. The van der Waals surface area contributed by atoms with E-state index in [4.69, 9.17) is 9.47 Å². The molecule has 4 rings (SSSR count). The van der Waals surface area contributed by atoms with Gasteiger partial charge in [-0.2, -0.15) is 0 Å². The molecule has 0 radical (unpaired) electrons. The topological polar surface area (TPSA) is 30.5 Å². The van der Waals surface area contributed by atoms with E-state index in [1.54, 1.807) is 0 Å². The summed E-state index contributed by atoms with van der Waals surface area (Å²) in [6.07, 6.45) is 5.75. The monoisotopic (exact) mass is 273 g/mol. The smallest absolute Gasteiger partial charge is 0.168 e. The fourth-order valence-electron chi connectivity index (χ4n) is 3.76. The highest BCUT2D eigenvalue weighted by Gasteiger charge is 2.43. The highest BCUT2D eigenvalue weighted by atomic mass is 16.7. The van der Waals surface area contributed by atoms with Gasteiger partial charge in [-0.25, -0.2) is 0 Å². The van der Waals surface area contributed by atoms with Crippen LogP contribution in [0.3, 0.4) is 0 Å². The van der Waals surface area contributed by atoms with Gasteiger partial charge in [-0.1, -0.05) is 30.3 Å². The molecule has 2 aliphatic carbocycles. The Balaban J connectivity index is 1.28. The first-order valence-corrected chi connectivity index (χ1v) is 7.94. The van der Waals surface area contributed by atoms with Crippen molar-refractivity contribution < 1.29 is 9.47 Å². The molecule has 20 heavy (non-hydrogen) atoms. The van der Waals surface area contributed by atoms with Gasteiger partial charge in [0.1, 0.15) is 0 Å². The number of hydrogen-bond donors (Lipinski definition) is 1. The fourth-order valence-corrected chi connectivity index (χ4v) is 3.76. The molecule has 1 saturated heterocycles. The summed E-state index contributed by atoms with van der Waals surface area (Å²) in [6, 6.07) is 12.2. The third-order valence-corrected chi connectivity index (χ3v) is 5.03. The zero-order valence-electron chi connectivity index (χ0n) is 11.9. The van der Waals surface area contributed by atoms with Crippen LogP contribution in [0.4, 0.5) is 0 Å². The summed E-state index contributed by atoms with van der Waals surface area (Å²) in [5.41, 5.74) is 1.49. The molecule has 2 atom stereocenters. The first-order chi connectivity index (χ1) is 9.85. The number of ether oxygens (including phenoxy) is 2. The number of hydrogen-bond acceptors (Lipinski definition) is 3. The Morgan fingerprint density at radius 1 is 1.00 bits per heavy atom. The molecule has 0 amide bonds. The number of nitrogens with one attached hydrogen (secondary N) is 1. The molecule has 3 heteroatoms. The van der Waals surface area contributed by atoms with Crippen LogP contribution >= 0.6 is 0 Å². The van der Waals surface area contributed by atoms with Crippen LogP contribution < -0.4 is 5.32 Å². The lowest BCUT2D eigenvalue weighted by molar-refractivity contribution is -0.179. The van der Waals surface area contributed by atoms with Gasteiger partial charge < -0.3 is 14.8 Å². The summed E-state index contributed by atoms with van der Waals surface area (Å²) in [6.45, 7) is 1.55. The minimum atomic E-state index is -0.222. The third-order valence-electron chi connectivity index (χ3n) is 5.03. The van der Waals surface area contributed by atoms with Crippen LogP contribution in [-0.4, -0.2) is 31.1 Å². The van der Waals surface area contributed by atoms with Gasteiger partial charge in [0.15, 0.2) is 5.79 Å². The Kier molecular flexibility index (Phi) is 3.29. The van der Waals surface area contributed by atoms with Crippen molar-refractivity contribution in [3.05, 3.63) is 35.9 Å². The quantitative estimate of drug-likeness (QED) is 0.918. The normalized spacial score (nSPS) is 32.6. The van der Waals surface area contributed by atoms with Crippen LogP contribution in [0.1, 0.15) is 43.6 Å². The summed E-state index contributed by atoms with van der Waals surface area (Å²) >= 11 is 0. The van der Waals surface area contributed by atoms with Gasteiger partial charge in [-0.3, -0.25) is 0 Å². The standard InChI is InChI=1S/C17H23NO2/c1-2-4-13(5-3-1)15-12-16(15)18-14-6-8-17(9-7-14)19-10-11-20-17/h1-5,14-16,18H,6-12H2. The lowest BCUT2D eigenvalue weighted by Gasteiger charge is -2.35. The zero-order valence-corrected chi connectivity index (χ0v) is 11.9. The predicted octanol–water partition coefficient (Wildman–Crippen LogP) is 2.82. The molecular weight excluding hydrogens is 250 g/mol. The lowest BCUT2D eigenvalue weighted by Crippen LogP contribution is -2.42. The van der Waals surface area contributed by atoms with Crippen molar-refractivity contribution in [2.45, 2.75) is 55.9 Å². The van der Waals surface area contributed by atoms with Crippen molar-refractivity contribution in [3.63, 3.8) is 0 Å². The minimum absolute atomic E-state index is 0.222. The van der Waals surface area contributed by atoms with Crippen molar-refractivity contribution in [2.75, 3.05) is 13.2 Å². The van der Waals surface area contributed by atoms with E-state index < -0.39 is 0 Å². The fraction of sp³-hybridized carbons (Fsp3) is 0.647. The van der Waals surface area contributed by atoms with Crippen molar-refractivity contribution in [1.29, 1.82) is 0 Å². The first-order valence-electron chi connectivity index (χ1n) is 7.94. The summed E-state index contributed by atoms with van der Waals surface area (Å²) in [5, 5.41) is 3.84. The Bertz CT molecular complexity index is 445. The predicted molar refractivity (Wildman–Crippen MR) is 77.6 cm³/mol. The summed E-state index contributed by atoms with van der Waals surface area (Å²) in [5.74, 6) is 0.506. The van der Waals surface area contributed by atoms with Gasteiger partial charge in [-0.15, -0.1) is 0 Å². The van der Waals surface area contributed by atoms with E-state index >= 15 is 0 Å². The molecule has 1 aliphatic heterocycles. The number of rotatable bonds is 3. The lowest BCUT2D eigenvalue weighted by atomic mass is 9.90. The second kappa shape index (κ2) is 5.14. The molecule has 1 heterocycles. The molecule has 1 spiro atoms. The molecule has 2 saturated carbocycles. The number of benzene rings is 1. The van der Waals surface area contributed by atoms with Crippen LogP contribution in [-0.2, 0) is 9.47 Å². The summed E-state index contributed by atoms with van der Waals surface area (Å²) in [4.78, 5) is 0. The maximum atomic E-state index is 5.79. The van der Waals surface area contributed by atoms with E-state index in [1.165, 1.54) is 24.8 Å². The van der Waals surface area contributed by atoms with Gasteiger partial charge in [0.25, 0.3) is 0 Å². The highest BCUT2D eigenvalue weighted by Crippen LogP contribution is 2.42. The van der Waals surface area contributed by atoms with E-state index in [-0.39, 0.29) is 5.79 Å². The molecule has 108 valence electrons. The van der Waals surface area contributed by atoms with E-state index in [1.807, 2.05) is 0 Å². The maximum absolute atomic E-state index is 5.79.